The Kier molecular flexibility index (Phi) is 2.46. The minimum Gasteiger partial charge on any atom is -0.507 e. The van der Waals surface area contributed by atoms with E-state index in [0.29, 0.717) is 5.15 Å². The van der Waals surface area contributed by atoms with Crippen LogP contribution >= 0.6 is 22.9 Å². The topological polar surface area (TPSA) is 46.0 Å². The number of hydrogen-bond acceptors (Lipinski definition) is 4. The molecular formula is C12H7ClN2OS. The maximum absolute atomic E-state index is 9.83. The van der Waals surface area contributed by atoms with Gasteiger partial charge >= 0.3 is 0 Å². The van der Waals surface area contributed by atoms with Crippen LogP contribution in [0.15, 0.2) is 35.7 Å². The summed E-state index contributed by atoms with van der Waals surface area (Å²) in [5, 5.41) is 20.1. The zero-order valence-electron chi connectivity index (χ0n) is 8.59. The van der Waals surface area contributed by atoms with Gasteiger partial charge in [0.05, 0.1) is 4.70 Å². The summed E-state index contributed by atoms with van der Waals surface area (Å²) < 4.78 is 0.961. The van der Waals surface area contributed by atoms with Crippen molar-refractivity contribution >= 4 is 33.2 Å². The van der Waals surface area contributed by atoms with Crippen LogP contribution in [-0.2, 0) is 0 Å². The summed E-state index contributed by atoms with van der Waals surface area (Å²) in [6.07, 6.45) is 0. The van der Waals surface area contributed by atoms with Crippen LogP contribution in [0.1, 0.15) is 0 Å². The number of phenolic OH excluding ortho intramolecular Hbond substituents is 1. The quantitative estimate of drug-likeness (QED) is 0.727. The molecule has 0 unspecified atom stereocenters. The Labute approximate surface area is 106 Å². The highest BCUT2D eigenvalue weighted by Crippen LogP contribution is 2.37. The monoisotopic (exact) mass is 262 g/mol. The normalized spacial score (nSPS) is 10.9. The number of benzene rings is 1. The molecular weight excluding hydrogens is 256 g/mol. The summed E-state index contributed by atoms with van der Waals surface area (Å²) in [7, 11) is 0. The lowest BCUT2D eigenvalue weighted by Gasteiger charge is -2.01. The van der Waals surface area contributed by atoms with E-state index in [4.69, 9.17) is 11.6 Å². The van der Waals surface area contributed by atoms with Gasteiger partial charge < -0.3 is 5.11 Å². The molecule has 0 amide bonds. The van der Waals surface area contributed by atoms with E-state index in [0.717, 1.165) is 21.3 Å². The molecule has 0 atom stereocenters. The first-order valence-electron chi connectivity index (χ1n) is 4.94. The van der Waals surface area contributed by atoms with Crippen molar-refractivity contribution in [3.05, 3.63) is 40.9 Å². The largest absolute Gasteiger partial charge is 0.507 e. The van der Waals surface area contributed by atoms with E-state index < -0.39 is 0 Å². The minimum absolute atomic E-state index is 0.240. The zero-order valence-corrected chi connectivity index (χ0v) is 10.2. The molecule has 0 saturated heterocycles. The molecule has 3 aromatic rings. The summed E-state index contributed by atoms with van der Waals surface area (Å²) >= 11 is 7.32. The van der Waals surface area contributed by atoms with Gasteiger partial charge in [-0.2, -0.15) is 0 Å². The predicted octanol–water partition coefficient (Wildman–Crippen LogP) is 3.72. The molecule has 1 aromatic carbocycles. The summed E-state index contributed by atoms with van der Waals surface area (Å²) in [6, 6.07) is 8.95. The molecule has 1 N–H and O–H groups in total. The predicted molar refractivity (Wildman–Crippen MR) is 69.5 cm³/mol. The Morgan fingerprint density at radius 1 is 1.12 bits per heavy atom. The van der Waals surface area contributed by atoms with Crippen LogP contribution in [0.4, 0.5) is 0 Å². The van der Waals surface area contributed by atoms with Crippen molar-refractivity contribution in [2.24, 2.45) is 0 Å². The number of aromatic nitrogens is 2. The van der Waals surface area contributed by atoms with E-state index in [1.165, 1.54) is 11.3 Å². The zero-order chi connectivity index (χ0) is 11.8. The Balaban J connectivity index is 2.29. The maximum atomic E-state index is 9.83. The van der Waals surface area contributed by atoms with Gasteiger partial charge in [-0.25, -0.2) is 0 Å². The maximum Gasteiger partial charge on any atom is 0.153 e. The number of aromatic hydroxyl groups is 1. The molecule has 0 saturated carbocycles. The van der Waals surface area contributed by atoms with Crippen molar-refractivity contribution in [1.29, 1.82) is 0 Å². The molecule has 0 fully saturated rings. The van der Waals surface area contributed by atoms with Gasteiger partial charge in [-0.1, -0.05) is 29.8 Å². The van der Waals surface area contributed by atoms with Crippen LogP contribution in [-0.4, -0.2) is 15.3 Å². The number of fused-ring (bicyclic) bond motifs is 1. The van der Waals surface area contributed by atoms with Gasteiger partial charge in [-0.05, 0) is 12.1 Å². The first kappa shape index (κ1) is 10.5. The van der Waals surface area contributed by atoms with Crippen molar-refractivity contribution in [1.82, 2.24) is 10.2 Å². The second-order valence-corrected chi connectivity index (χ2v) is 4.84. The average Bonchev–Trinajstić information content (AvgIpc) is 2.72. The van der Waals surface area contributed by atoms with Crippen LogP contribution in [0.2, 0.25) is 5.15 Å². The fraction of sp³-hybridized carbons (Fsp3) is 0. The number of thiophene rings is 1. The molecule has 3 rings (SSSR count). The van der Waals surface area contributed by atoms with Gasteiger partial charge in [-0.3, -0.25) is 0 Å². The number of nitrogens with zero attached hydrogens (tertiary/aromatic N) is 2. The van der Waals surface area contributed by atoms with E-state index in [1.807, 2.05) is 17.5 Å². The minimum atomic E-state index is 0.240. The highest BCUT2D eigenvalue weighted by atomic mass is 35.5. The Morgan fingerprint density at radius 2 is 1.94 bits per heavy atom. The summed E-state index contributed by atoms with van der Waals surface area (Å²) in [5.74, 6) is 0.240. The number of rotatable bonds is 1. The molecule has 84 valence electrons. The average molecular weight is 263 g/mol. The van der Waals surface area contributed by atoms with Gasteiger partial charge in [0.25, 0.3) is 0 Å². The molecule has 2 aromatic heterocycles. The molecule has 0 spiro atoms. The number of halogens is 1. The Morgan fingerprint density at radius 3 is 2.76 bits per heavy atom. The van der Waals surface area contributed by atoms with E-state index in [9.17, 15) is 5.11 Å². The highest BCUT2D eigenvalue weighted by Gasteiger charge is 2.11. The molecule has 0 aliphatic carbocycles. The van der Waals surface area contributed by atoms with Crippen LogP contribution < -0.4 is 0 Å². The smallest absolute Gasteiger partial charge is 0.153 e. The molecule has 5 heteroatoms. The van der Waals surface area contributed by atoms with Crippen molar-refractivity contribution in [3.8, 4) is 16.9 Å². The summed E-state index contributed by atoms with van der Waals surface area (Å²) in [6.45, 7) is 0. The van der Waals surface area contributed by atoms with Crippen LogP contribution in [0.3, 0.4) is 0 Å². The Bertz CT molecular complexity index is 696. The molecule has 17 heavy (non-hydrogen) atoms. The SMILES string of the molecule is Oc1ccccc1-c1csc2cc(Cl)nnc12. The fourth-order valence-corrected chi connectivity index (χ4v) is 2.84. The van der Waals surface area contributed by atoms with Gasteiger partial charge in [0, 0.05) is 16.5 Å². The van der Waals surface area contributed by atoms with E-state index in [-0.39, 0.29) is 5.75 Å². The van der Waals surface area contributed by atoms with Crippen molar-refractivity contribution in [3.63, 3.8) is 0 Å². The summed E-state index contributed by atoms with van der Waals surface area (Å²) in [4.78, 5) is 0. The number of hydrogen-bond donors (Lipinski definition) is 1. The van der Waals surface area contributed by atoms with Crippen LogP contribution in [0.25, 0.3) is 21.3 Å². The van der Waals surface area contributed by atoms with Crippen LogP contribution in [0.5, 0.6) is 5.75 Å². The van der Waals surface area contributed by atoms with Crippen molar-refractivity contribution < 1.29 is 5.11 Å². The fourth-order valence-electron chi connectivity index (χ4n) is 1.70. The second kappa shape index (κ2) is 3.98. The molecule has 0 aliphatic heterocycles. The first-order valence-corrected chi connectivity index (χ1v) is 6.20. The standard InChI is InChI=1S/C12H7ClN2OS/c13-11-5-10-12(15-14-11)8(6-17-10)7-3-1-2-4-9(7)16/h1-6,16H. The molecule has 0 bridgehead atoms. The van der Waals surface area contributed by atoms with Crippen molar-refractivity contribution in [2.45, 2.75) is 0 Å². The van der Waals surface area contributed by atoms with E-state index in [1.54, 1.807) is 18.2 Å². The summed E-state index contributed by atoms with van der Waals surface area (Å²) in [5.41, 5.74) is 2.41. The highest BCUT2D eigenvalue weighted by molar-refractivity contribution is 7.17. The number of phenols is 1. The third-order valence-electron chi connectivity index (χ3n) is 2.48. The Hall–Kier alpha value is -1.65. The molecule has 0 radical (unpaired) electrons. The lowest BCUT2D eigenvalue weighted by Crippen LogP contribution is -1.83. The first-order chi connectivity index (χ1) is 8.25. The molecule has 2 heterocycles. The second-order valence-electron chi connectivity index (χ2n) is 3.55. The van der Waals surface area contributed by atoms with Crippen molar-refractivity contribution in [2.75, 3.05) is 0 Å². The third kappa shape index (κ3) is 1.75. The number of para-hydroxylation sites is 1. The van der Waals surface area contributed by atoms with E-state index in [2.05, 4.69) is 10.2 Å². The van der Waals surface area contributed by atoms with Gasteiger partial charge in [0.2, 0.25) is 0 Å². The van der Waals surface area contributed by atoms with Gasteiger partial charge in [-0.15, -0.1) is 21.5 Å². The molecule has 0 aliphatic rings. The lowest BCUT2D eigenvalue weighted by atomic mass is 10.1. The van der Waals surface area contributed by atoms with Crippen LogP contribution in [0, 0.1) is 0 Å². The van der Waals surface area contributed by atoms with E-state index >= 15 is 0 Å². The third-order valence-corrected chi connectivity index (χ3v) is 3.59. The van der Waals surface area contributed by atoms with Gasteiger partial charge in [0.15, 0.2) is 5.15 Å². The lowest BCUT2D eigenvalue weighted by molar-refractivity contribution is 0.477. The molecule has 3 nitrogen and oxygen atoms in total. The van der Waals surface area contributed by atoms with Gasteiger partial charge in [0.1, 0.15) is 11.3 Å².